The summed E-state index contributed by atoms with van der Waals surface area (Å²) in [4.78, 5) is 14.4. The van der Waals surface area contributed by atoms with Crippen molar-refractivity contribution in [3.63, 3.8) is 0 Å². The first-order valence-corrected chi connectivity index (χ1v) is 7.26. The smallest absolute Gasteiger partial charge is 0.269 e. The van der Waals surface area contributed by atoms with Crippen LogP contribution >= 0.6 is 0 Å². The second kappa shape index (κ2) is 8.19. The maximum absolute atomic E-state index is 10.7. The van der Waals surface area contributed by atoms with Gasteiger partial charge in [-0.3, -0.25) is 15.1 Å². The van der Waals surface area contributed by atoms with Crippen LogP contribution in [-0.2, 0) is 0 Å². The van der Waals surface area contributed by atoms with Gasteiger partial charge in [-0.25, -0.2) is 0 Å². The van der Waals surface area contributed by atoms with Crippen molar-refractivity contribution in [2.24, 2.45) is 4.99 Å². The molecule has 2 rings (SSSR count). The first kappa shape index (κ1) is 17.6. The highest BCUT2D eigenvalue weighted by Crippen LogP contribution is 2.22. The number of methoxy groups -OCH3 is 1. The average molecular weight is 330 g/mol. The minimum absolute atomic E-state index is 0.0657. The number of rotatable bonds is 7. The fourth-order valence-electron chi connectivity index (χ4n) is 2.19. The number of hydrogen-bond acceptors (Lipinski definition) is 6. The molecule has 0 aliphatic heterocycles. The summed E-state index contributed by atoms with van der Waals surface area (Å²) in [5, 5.41) is 30.5. The average Bonchev–Trinajstić information content (AvgIpc) is 2.62. The number of aliphatic hydroxyl groups excluding tert-OH is 2. The quantitative estimate of drug-likeness (QED) is 0.459. The molecule has 2 atom stereocenters. The summed E-state index contributed by atoms with van der Waals surface area (Å²) in [6.07, 6.45) is 0.440. The van der Waals surface area contributed by atoms with Gasteiger partial charge in [0.05, 0.1) is 18.6 Å². The van der Waals surface area contributed by atoms with E-state index in [2.05, 4.69) is 4.99 Å². The Morgan fingerprint density at radius 2 is 1.92 bits per heavy atom. The first-order valence-electron chi connectivity index (χ1n) is 7.26. The molecule has 7 heteroatoms. The molecule has 126 valence electrons. The van der Waals surface area contributed by atoms with Crippen molar-refractivity contribution in [3.8, 4) is 5.75 Å². The van der Waals surface area contributed by atoms with Crippen LogP contribution in [0.5, 0.6) is 5.75 Å². The van der Waals surface area contributed by atoms with Crippen LogP contribution in [0.4, 0.5) is 5.69 Å². The number of para-hydroxylation sites is 1. The monoisotopic (exact) mass is 330 g/mol. The predicted molar refractivity (Wildman–Crippen MR) is 89.5 cm³/mol. The number of non-ortho nitro benzene ring substituents is 1. The number of nitro benzene ring substituents is 1. The van der Waals surface area contributed by atoms with Crippen molar-refractivity contribution >= 4 is 11.9 Å². The minimum Gasteiger partial charge on any atom is -0.496 e. The number of ether oxygens (including phenoxy) is 1. The van der Waals surface area contributed by atoms with Crippen LogP contribution in [0.2, 0.25) is 0 Å². The summed E-state index contributed by atoms with van der Waals surface area (Å²) in [6, 6.07) is 11.9. The van der Waals surface area contributed by atoms with Gasteiger partial charge in [0.15, 0.2) is 0 Å². The second-order valence-electron chi connectivity index (χ2n) is 5.06. The van der Waals surface area contributed by atoms with E-state index < -0.39 is 17.1 Å². The Morgan fingerprint density at radius 1 is 1.25 bits per heavy atom. The molecule has 0 heterocycles. The summed E-state index contributed by atoms with van der Waals surface area (Å²) in [5.41, 5.74) is 1.09. The Morgan fingerprint density at radius 3 is 2.50 bits per heavy atom. The molecule has 2 N–H and O–H groups in total. The standard InChI is InChI=1S/C17H18N2O5/c1-24-16-5-3-2-4-13(16)10-18-15(11-20)17(21)12-6-8-14(9-7-12)19(22)23/h2-10,15,17,20-21H,11H2,1H3/t15-,17+/m1/s1. The Kier molecular flexibility index (Phi) is 6.00. The zero-order valence-corrected chi connectivity index (χ0v) is 13.1. The summed E-state index contributed by atoms with van der Waals surface area (Å²) in [6.45, 7) is -0.371. The van der Waals surface area contributed by atoms with Crippen molar-refractivity contribution < 1.29 is 19.9 Å². The molecule has 0 amide bonds. The van der Waals surface area contributed by atoms with E-state index in [9.17, 15) is 20.3 Å². The SMILES string of the molecule is COc1ccccc1C=N[C@H](CO)[C@@H](O)c1ccc([N+](=O)[O-])cc1. The maximum Gasteiger partial charge on any atom is 0.269 e. The molecule has 0 spiro atoms. The van der Waals surface area contributed by atoms with Crippen molar-refractivity contribution in [2.75, 3.05) is 13.7 Å². The minimum atomic E-state index is -1.08. The van der Waals surface area contributed by atoms with Crippen LogP contribution in [0.3, 0.4) is 0 Å². The van der Waals surface area contributed by atoms with Gasteiger partial charge in [-0.2, -0.15) is 0 Å². The van der Waals surface area contributed by atoms with E-state index >= 15 is 0 Å². The lowest BCUT2D eigenvalue weighted by atomic mass is 10.0. The third-order valence-corrected chi connectivity index (χ3v) is 3.54. The molecular weight excluding hydrogens is 312 g/mol. The Balaban J connectivity index is 2.17. The Hall–Kier alpha value is -2.77. The molecule has 0 aliphatic rings. The highest BCUT2D eigenvalue weighted by molar-refractivity contribution is 5.83. The van der Waals surface area contributed by atoms with E-state index in [1.165, 1.54) is 30.5 Å². The Labute approximate surface area is 139 Å². The van der Waals surface area contributed by atoms with Crippen LogP contribution in [0.1, 0.15) is 17.2 Å². The fraction of sp³-hybridized carbons (Fsp3) is 0.235. The van der Waals surface area contributed by atoms with E-state index in [0.717, 1.165) is 0 Å². The van der Waals surface area contributed by atoms with E-state index in [1.54, 1.807) is 19.2 Å². The van der Waals surface area contributed by atoms with E-state index in [-0.39, 0.29) is 12.3 Å². The fourth-order valence-corrected chi connectivity index (χ4v) is 2.19. The zero-order valence-electron chi connectivity index (χ0n) is 13.1. The van der Waals surface area contributed by atoms with Crippen molar-refractivity contribution in [2.45, 2.75) is 12.1 Å². The summed E-state index contributed by atoms with van der Waals surface area (Å²) >= 11 is 0. The molecule has 0 saturated carbocycles. The van der Waals surface area contributed by atoms with Gasteiger partial charge in [0.1, 0.15) is 17.9 Å². The van der Waals surface area contributed by atoms with Crippen molar-refractivity contribution in [3.05, 3.63) is 69.8 Å². The normalized spacial score (nSPS) is 13.6. The number of hydrogen-bond donors (Lipinski definition) is 2. The second-order valence-corrected chi connectivity index (χ2v) is 5.06. The third kappa shape index (κ3) is 4.15. The predicted octanol–water partition coefficient (Wildman–Crippen LogP) is 2.12. The number of benzene rings is 2. The lowest BCUT2D eigenvalue weighted by Crippen LogP contribution is -2.21. The molecular formula is C17H18N2O5. The summed E-state index contributed by atoms with van der Waals surface area (Å²) in [5.74, 6) is 0.628. The Bertz CT molecular complexity index is 715. The van der Waals surface area contributed by atoms with Crippen molar-refractivity contribution in [1.82, 2.24) is 0 Å². The molecule has 0 aliphatic carbocycles. The van der Waals surface area contributed by atoms with E-state index in [0.29, 0.717) is 16.9 Å². The molecule has 2 aromatic carbocycles. The molecule has 2 aromatic rings. The van der Waals surface area contributed by atoms with Crippen molar-refractivity contribution in [1.29, 1.82) is 0 Å². The maximum atomic E-state index is 10.7. The molecule has 0 saturated heterocycles. The van der Waals surface area contributed by atoms with Gasteiger partial charge in [0, 0.05) is 23.9 Å². The van der Waals surface area contributed by atoms with Gasteiger partial charge < -0.3 is 14.9 Å². The van der Waals surface area contributed by atoms with Crippen LogP contribution in [0, 0.1) is 10.1 Å². The van der Waals surface area contributed by atoms with Gasteiger partial charge >= 0.3 is 0 Å². The molecule has 0 unspecified atom stereocenters. The van der Waals surface area contributed by atoms with Crippen LogP contribution in [0.15, 0.2) is 53.5 Å². The molecule has 0 aromatic heterocycles. The third-order valence-electron chi connectivity index (χ3n) is 3.54. The molecule has 7 nitrogen and oxygen atoms in total. The highest BCUT2D eigenvalue weighted by Gasteiger charge is 2.20. The zero-order chi connectivity index (χ0) is 17.5. The van der Waals surface area contributed by atoms with Gasteiger partial charge in [0.2, 0.25) is 0 Å². The molecule has 0 fully saturated rings. The molecule has 24 heavy (non-hydrogen) atoms. The van der Waals surface area contributed by atoms with Gasteiger partial charge in [-0.15, -0.1) is 0 Å². The summed E-state index contributed by atoms with van der Waals surface area (Å²) in [7, 11) is 1.54. The first-order chi connectivity index (χ1) is 11.6. The van der Waals surface area contributed by atoms with Crippen LogP contribution < -0.4 is 4.74 Å². The highest BCUT2D eigenvalue weighted by atomic mass is 16.6. The van der Waals surface area contributed by atoms with Gasteiger partial charge in [0.25, 0.3) is 5.69 Å². The van der Waals surface area contributed by atoms with Gasteiger partial charge in [-0.1, -0.05) is 12.1 Å². The number of aliphatic imine (C=N–C) groups is 1. The molecule has 0 bridgehead atoms. The van der Waals surface area contributed by atoms with E-state index in [4.69, 9.17) is 4.74 Å². The number of nitro groups is 1. The van der Waals surface area contributed by atoms with Crippen LogP contribution in [-0.4, -0.2) is 41.1 Å². The lowest BCUT2D eigenvalue weighted by Gasteiger charge is -2.17. The van der Waals surface area contributed by atoms with E-state index in [1.807, 2.05) is 12.1 Å². The largest absolute Gasteiger partial charge is 0.496 e. The topological polar surface area (TPSA) is 105 Å². The van der Waals surface area contributed by atoms with Crippen LogP contribution in [0.25, 0.3) is 0 Å². The van der Waals surface area contributed by atoms with Gasteiger partial charge in [-0.05, 0) is 29.8 Å². The number of aliphatic hydroxyl groups is 2. The summed E-state index contributed by atoms with van der Waals surface area (Å²) < 4.78 is 5.21. The molecule has 0 radical (unpaired) electrons. The lowest BCUT2D eigenvalue weighted by molar-refractivity contribution is -0.384. The number of nitrogens with zero attached hydrogens (tertiary/aromatic N) is 2.